The van der Waals surface area contributed by atoms with Crippen LogP contribution in [-0.2, 0) is 11.2 Å². The van der Waals surface area contributed by atoms with Crippen LogP contribution in [-0.4, -0.2) is 40.1 Å². The number of halogens is 1. The van der Waals surface area contributed by atoms with E-state index in [1.807, 2.05) is 36.1 Å². The van der Waals surface area contributed by atoms with E-state index in [0.29, 0.717) is 36.0 Å². The molecule has 1 saturated heterocycles. The van der Waals surface area contributed by atoms with Crippen LogP contribution in [0.15, 0.2) is 24.3 Å². The molecule has 0 spiro atoms. The van der Waals surface area contributed by atoms with Gasteiger partial charge in [-0.2, -0.15) is 0 Å². The number of carbonyl (C=O) groups excluding carboxylic acids is 1. The first-order chi connectivity index (χ1) is 10.7. The van der Waals surface area contributed by atoms with Gasteiger partial charge in [-0.05, 0) is 35.6 Å². The lowest BCUT2D eigenvalue weighted by Gasteiger charge is -2.33. The van der Waals surface area contributed by atoms with Gasteiger partial charge in [-0.15, -0.1) is 5.10 Å². The Labute approximate surface area is 138 Å². The van der Waals surface area contributed by atoms with Crippen LogP contribution in [0.25, 0.3) is 0 Å². The maximum Gasteiger partial charge on any atom is 0.267 e. The third-order valence-electron chi connectivity index (χ3n) is 3.68. The van der Waals surface area contributed by atoms with E-state index >= 15 is 0 Å². The fraction of sp³-hybridized carbons (Fsp3) is 0.400. The van der Waals surface area contributed by atoms with Gasteiger partial charge in [0.2, 0.25) is 0 Å². The molecule has 22 heavy (non-hydrogen) atoms. The van der Waals surface area contributed by atoms with Crippen LogP contribution >= 0.6 is 23.1 Å². The second-order valence-electron chi connectivity index (χ2n) is 5.06. The summed E-state index contributed by atoms with van der Waals surface area (Å²) in [5.41, 5.74) is 1.80. The van der Waals surface area contributed by atoms with Gasteiger partial charge in [-0.1, -0.05) is 35.1 Å². The van der Waals surface area contributed by atoms with Crippen molar-refractivity contribution < 1.29 is 9.53 Å². The molecule has 2 aromatic rings. The van der Waals surface area contributed by atoms with Crippen LogP contribution in [0.2, 0.25) is 5.02 Å². The summed E-state index contributed by atoms with van der Waals surface area (Å²) >= 11 is 7.08. The van der Waals surface area contributed by atoms with Crippen molar-refractivity contribution in [1.29, 1.82) is 0 Å². The number of amides is 1. The molecule has 1 amide bonds. The van der Waals surface area contributed by atoms with Crippen molar-refractivity contribution in [2.24, 2.45) is 0 Å². The summed E-state index contributed by atoms with van der Waals surface area (Å²) in [4.78, 5) is 15.1. The number of hydrogen-bond acceptors (Lipinski definition) is 5. The number of nitrogens with zero attached hydrogens (tertiary/aromatic N) is 3. The molecule has 2 heterocycles. The van der Waals surface area contributed by atoms with Crippen molar-refractivity contribution in [2.75, 3.05) is 19.7 Å². The second kappa shape index (κ2) is 6.73. The molecule has 1 aliphatic heterocycles. The minimum atomic E-state index is -0.124. The Hall–Kier alpha value is -1.50. The average molecular weight is 338 g/mol. The second-order valence-corrected chi connectivity index (χ2v) is 6.26. The number of carbonyl (C=O) groups is 1. The van der Waals surface area contributed by atoms with E-state index in [2.05, 4.69) is 9.59 Å². The van der Waals surface area contributed by atoms with E-state index in [0.717, 1.165) is 22.8 Å². The van der Waals surface area contributed by atoms with Crippen LogP contribution in [0.1, 0.15) is 34.0 Å². The first-order valence-corrected chi connectivity index (χ1v) is 8.31. The molecule has 0 N–H and O–H groups in total. The van der Waals surface area contributed by atoms with Crippen LogP contribution in [0.4, 0.5) is 0 Å². The maximum absolute atomic E-state index is 12.7. The number of ether oxygens (including phenoxy) is 1. The molecular formula is C15H16ClN3O2S. The molecule has 0 saturated carbocycles. The van der Waals surface area contributed by atoms with E-state index in [1.54, 1.807) is 0 Å². The van der Waals surface area contributed by atoms with Crippen molar-refractivity contribution in [3.8, 4) is 0 Å². The molecule has 5 nitrogen and oxygen atoms in total. The largest absolute Gasteiger partial charge is 0.370 e. The highest BCUT2D eigenvalue weighted by Gasteiger charge is 2.28. The fourth-order valence-electron chi connectivity index (χ4n) is 2.46. The zero-order valence-corrected chi connectivity index (χ0v) is 13.7. The van der Waals surface area contributed by atoms with Crippen molar-refractivity contribution in [1.82, 2.24) is 14.5 Å². The van der Waals surface area contributed by atoms with Gasteiger partial charge in [0.05, 0.1) is 18.8 Å². The summed E-state index contributed by atoms with van der Waals surface area (Å²) in [6.07, 6.45) is 0.587. The predicted molar refractivity (Wildman–Crippen MR) is 85.3 cm³/mol. The number of morpholine rings is 1. The molecule has 0 radical (unpaired) electrons. The zero-order valence-electron chi connectivity index (χ0n) is 12.2. The summed E-state index contributed by atoms with van der Waals surface area (Å²) in [5.74, 6) is -0.00545. The maximum atomic E-state index is 12.7. The Kier molecular flexibility index (Phi) is 4.71. The summed E-state index contributed by atoms with van der Waals surface area (Å²) in [5, 5.41) is 4.70. The number of aryl methyl sites for hydroxylation is 1. The van der Waals surface area contributed by atoms with E-state index in [9.17, 15) is 4.79 Å². The highest BCUT2D eigenvalue weighted by molar-refractivity contribution is 7.08. The highest BCUT2D eigenvalue weighted by Crippen LogP contribution is 2.25. The Morgan fingerprint density at radius 2 is 2.23 bits per heavy atom. The molecule has 0 aliphatic carbocycles. The molecule has 116 valence electrons. The van der Waals surface area contributed by atoms with Gasteiger partial charge in [-0.25, -0.2) is 0 Å². The van der Waals surface area contributed by atoms with E-state index < -0.39 is 0 Å². The van der Waals surface area contributed by atoms with Crippen LogP contribution in [0.3, 0.4) is 0 Å². The minimum absolute atomic E-state index is 0.00545. The number of benzene rings is 1. The van der Waals surface area contributed by atoms with Crippen molar-refractivity contribution >= 4 is 29.0 Å². The molecule has 0 unspecified atom stereocenters. The van der Waals surface area contributed by atoms with Crippen LogP contribution in [0.5, 0.6) is 0 Å². The molecular weight excluding hydrogens is 322 g/mol. The van der Waals surface area contributed by atoms with Gasteiger partial charge in [0.1, 0.15) is 11.0 Å². The van der Waals surface area contributed by atoms with E-state index in [1.165, 1.54) is 0 Å². The van der Waals surface area contributed by atoms with Gasteiger partial charge in [0.15, 0.2) is 0 Å². The molecule has 1 aliphatic rings. The van der Waals surface area contributed by atoms with Gasteiger partial charge in [-0.3, -0.25) is 4.79 Å². The smallest absolute Gasteiger partial charge is 0.267 e. The summed E-state index contributed by atoms with van der Waals surface area (Å²) in [6, 6.07) is 7.55. The lowest BCUT2D eigenvalue weighted by Crippen LogP contribution is -2.42. The summed E-state index contributed by atoms with van der Waals surface area (Å²) in [6.45, 7) is 3.61. The molecule has 1 fully saturated rings. The average Bonchev–Trinajstić information content (AvgIpc) is 3.03. The first-order valence-electron chi connectivity index (χ1n) is 7.16. The topological polar surface area (TPSA) is 55.3 Å². The van der Waals surface area contributed by atoms with Crippen molar-refractivity contribution in [2.45, 2.75) is 19.4 Å². The quantitative estimate of drug-likeness (QED) is 0.864. The van der Waals surface area contributed by atoms with Crippen molar-refractivity contribution in [3.63, 3.8) is 0 Å². The van der Waals surface area contributed by atoms with Gasteiger partial charge in [0.25, 0.3) is 5.91 Å². The Balaban J connectivity index is 1.75. The number of aromatic nitrogens is 2. The minimum Gasteiger partial charge on any atom is -0.370 e. The summed E-state index contributed by atoms with van der Waals surface area (Å²) < 4.78 is 9.69. The van der Waals surface area contributed by atoms with Crippen LogP contribution in [0, 0.1) is 0 Å². The van der Waals surface area contributed by atoms with Gasteiger partial charge in [0, 0.05) is 11.6 Å². The predicted octanol–water partition coefficient (Wildman–Crippen LogP) is 2.97. The monoisotopic (exact) mass is 337 g/mol. The SMILES string of the molecule is CCc1nnsc1C(=O)N1CCO[C@@H](c2ccc(Cl)cc2)C1. The van der Waals surface area contributed by atoms with Crippen LogP contribution < -0.4 is 0 Å². The lowest BCUT2D eigenvalue weighted by molar-refractivity contribution is -0.0227. The van der Waals surface area contributed by atoms with Gasteiger partial charge < -0.3 is 9.64 Å². The zero-order chi connectivity index (χ0) is 15.5. The molecule has 7 heteroatoms. The first kappa shape index (κ1) is 15.4. The van der Waals surface area contributed by atoms with Crippen molar-refractivity contribution in [3.05, 3.63) is 45.4 Å². The van der Waals surface area contributed by atoms with Gasteiger partial charge >= 0.3 is 0 Å². The number of rotatable bonds is 3. The van der Waals surface area contributed by atoms with E-state index in [-0.39, 0.29) is 12.0 Å². The summed E-state index contributed by atoms with van der Waals surface area (Å²) in [7, 11) is 0. The standard InChI is InChI=1S/C15H16ClN3O2S/c1-2-12-14(22-18-17-12)15(20)19-7-8-21-13(9-19)10-3-5-11(16)6-4-10/h3-6,13H,2,7-9H2,1H3/t13-/m1/s1. The third kappa shape index (κ3) is 3.14. The molecule has 1 aromatic carbocycles. The third-order valence-corrected chi connectivity index (χ3v) is 4.69. The molecule has 0 bridgehead atoms. The molecule has 1 aromatic heterocycles. The highest BCUT2D eigenvalue weighted by atomic mass is 35.5. The fourth-order valence-corrected chi connectivity index (χ4v) is 3.30. The Bertz CT molecular complexity index is 659. The molecule has 1 atom stereocenters. The number of hydrogen-bond donors (Lipinski definition) is 0. The Morgan fingerprint density at radius 3 is 2.95 bits per heavy atom. The normalized spacial score (nSPS) is 18.5. The molecule has 3 rings (SSSR count). The Morgan fingerprint density at radius 1 is 1.45 bits per heavy atom. The van der Waals surface area contributed by atoms with E-state index in [4.69, 9.17) is 16.3 Å². The lowest BCUT2D eigenvalue weighted by atomic mass is 10.1.